The fourth-order valence-corrected chi connectivity index (χ4v) is 5.72. The van der Waals surface area contributed by atoms with Gasteiger partial charge in [0.1, 0.15) is 11.7 Å². The summed E-state index contributed by atoms with van der Waals surface area (Å²) >= 11 is 0. The number of alkyl halides is 3. The molecule has 7 nitrogen and oxygen atoms in total. The van der Waals surface area contributed by atoms with Gasteiger partial charge in [0, 0.05) is 37.3 Å². The molecule has 2 N–H and O–H groups in total. The Morgan fingerprint density at radius 2 is 1.93 bits per heavy atom. The van der Waals surface area contributed by atoms with Crippen molar-refractivity contribution >= 4 is 16.6 Å². The van der Waals surface area contributed by atoms with Crippen LogP contribution < -0.4 is 5.32 Å². The highest BCUT2D eigenvalue weighted by molar-refractivity contribution is 5.84. The van der Waals surface area contributed by atoms with Crippen molar-refractivity contribution in [3.05, 3.63) is 59.8 Å². The number of fused-ring (bicyclic) bond motifs is 2. The van der Waals surface area contributed by atoms with Gasteiger partial charge in [-0.2, -0.15) is 13.2 Å². The van der Waals surface area contributed by atoms with Gasteiger partial charge in [-0.25, -0.2) is 4.98 Å². The summed E-state index contributed by atoms with van der Waals surface area (Å²) in [5.74, 6) is 1.27. The molecular formula is C30H35F3N6O. The maximum absolute atomic E-state index is 14.5. The summed E-state index contributed by atoms with van der Waals surface area (Å²) < 4.78 is 45.1. The number of likely N-dealkylation sites (tertiary alicyclic amines) is 1. The minimum Gasteiger partial charge on any atom is -0.396 e. The van der Waals surface area contributed by atoms with Crippen molar-refractivity contribution in [1.82, 2.24) is 29.8 Å². The smallest absolute Gasteiger partial charge is 0.396 e. The second-order valence-electron chi connectivity index (χ2n) is 11.5. The Balaban J connectivity index is 1.31. The lowest BCUT2D eigenvalue weighted by Crippen LogP contribution is -2.40. The molecule has 0 bridgehead atoms. The molecule has 212 valence electrons. The van der Waals surface area contributed by atoms with E-state index in [-0.39, 0.29) is 24.1 Å². The lowest BCUT2D eigenvalue weighted by Gasteiger charge is -2.30. The van der Waals surface area contributed by atoms with E-state index in [4.69, 9.17) is 4.98 Å². The van der Waals surface area contributed by atoms with Gasteiger partial charge in [0.15, 0.2) is 11.5 Å². The van der Waals surface area contributed by atoms with E-state index in [1.165, 1.54) is 25.1 Å². The third-order valence-electron chi connectivity index (χ3n) is 8.28. The molecule has 2 aliphatic rings. The molecule has 1 saturated heterocycles. The molecule has 1 aliphatic heterocycles. The van der Waals surface area contributed by atoms with Gasteiger partial charge in [-0.15, -0.1) is 10.2 Å². The number of aliphatic hydroxyl groups is 1. The normalized spacial score (nSPS) is 20.0. The zero-order valence-electron chi connectivity index (χ0n) is 22.6. The average Bonchev–Trinajstić information content (AvgIpc) is 3.51. The highest BCUT2D eigenvalue weighted by Crippen LogP contribution is 2.40. The molecule has 0 spiro atoms. The number of para-hydroxylation sites is 1. The second-order valence-corrected chi connectivity index (χ2v) is 11.5. The Hall–Kier alpha value is -3.08. The molecule has 6 rings (SSSR count). The molecular weight excluding hydrogens is 517 g/mol. The number of rotatable bonds is 10. The van der Waals surface area contributed by atoms with Crippen molar-refractivity contribution < 1.29 is 18.3 Å². The molecule has 4 heterocycles. The van der Waals surface area contributed by atoms with E-state index < -0.39 is 12.2 Å². The van der Waals surface area contributed by atoms with Crippen molar-refractivity contribution in [2.45, 2.75) is 57.3 Å². The highest BCUT2D eigenvalue weighted by atomic mass is 19.4. The quantitative estimate of drug-likeness (QED) is 0.282. The van der Waals surface area contributed by atoms with Crippen LogP contribution >= 0.6 is 0 Å². The van der Waals surface area contributed by atoms with E-state index in [1.807, 2.05) is 37.3 Å². The van der Waals surface area contributed by atoms with Gasteiger partial charge in [-0.3, -0.25) is 9.30 Å². The van der Waals surface area contributed by atoms with Gasteiger partial charge in [0.25, 0.3) is 0 Å². The molecule has 4 aromatic rings. The lowest BCUT2D eigenvalue weighted by molar-refractivity contribution is -0.184. The largest absolute Gasteiger partial charge is 0.408 e. The predicted octanol–water partition coefficient (Wildman–Crippen LogP) is 5.18. The summed E-state index contributed by atoms with van der Waals surface area (Å²) in [4.78, 5) is 6.44. The zero-order chi connectivity index (χ0) is 27.9. The maximum atomic E-state index is 14.5. The van der Waals surface area contributed by atoms with Crippen LogP contribution in [0.15, 0.2) is 48.7 Å². The summed E-state index contributed by atoms with van der Waals surface area (Å²) in [6.07, 6.45) is 1.83. The highest BCUT2D eigenvalue weighted by Gasteiger charge is 2.47. The Kier molecular flexibility index (Phi) is 7.50. The first-order chi connectivity index (χ1) is 19.3. The van der Waals surface area contributed by atoms with Gasteiger partial charge < -0.3 is 10.4 Å². The number of nitrogens with one attached hydrogen (secondary N) is 1. The zero-order valence-corrected chi connectivity index (χ0v) is 22.6. The molecule has 3 atom stereocenters. The topological polar surface area (TPSA) is 78.6 Å². The van der Waals surface area contributed by atoms with Crippen molar-refractivity contribution in [2.24, 2.45) is 11.8 Å². The number of hydrogen-bond donors (Lipinski definition) is 2. The van der Waals surface area contributed by atoms with Crippen LogP contribution in [0.5, 0.6) is 0 Å². The lowest BCUT2D eigenvalue weighted by atomic mass is 9.99. The van der Waals surface area contributed by atoms with Crippen molar-refractivity contribution in [2.75, 3.05) is 26.2 Å². The third kappa shape index (κ3) is 5.70. The Morgan fingerprint density at radius 1 is 1.07 bits per heavy atom. The van der Waals surface area contributed by atoms with E-state index in [9.17, 15) is 18.3 Å². The fourth-order valence-electron chi connectivity index (χ4n) is 5.72. The van der Waals surface area contributed by atoms with E-state index in [0.717, 1.165) is 35.9 Å². The summed E-state index contributed by atoms with van der Waals surface area (Å²) in [6.45, 7) is 3.79. The monoisotopic (exact) mass is 552 g/mol. The second kappa shape index (κ2) is 11.1. The van der Waals surface area contributed by atoms with Crippen molar-refractivity contribution in [1.29, 1.82) is 0 Å². The molecule has 1 saturated carbocycles. The Bertz CT molecular complexity index is 1480. The average molecular weight is 553 g/mol. The van der Waals surface area contributed by atoms with Crippen molar-refractivity contribution in [3.63, 3.8) is 0 Å². The van der Waals surface area contributed by atoms with Crippen LogP contribution in [0.2, 0.25) is 0 Å². The summed E-state index contributed by atoms with van der Waals surface area (Å²) in [5.41, 5.74) is 3.08. The number of hydrogen-bond acceptors (Lipinski definition) is 6. The number of nitrogens with zero attached hydrogens (tertiary/aromatic N) is 5. The first-order valence-electron chi connectivity index (χ1n) is 14.2. The number of aromatic nitrogens is 4. The van der Waals surface area contributed by atoms with Crippen LogP contribution in [-0.4, -0.2) is 68.0 Å². The minimum atomic E-state index is -4.42. The molecule has 0 amide bonds. The molecule has 1 aromatic carbocycles. The number of pyridine rings is 2. The van der Waals surface area contributed by atoms with Gasteiger partial charge in [0.05, 0.1) is 5.52 Å². The summed E-state index contributed by atoms with van der Waals surface area (Å²) in [5, 5.41) is 22.4. The minimum absolute atomic E-state index is 0.0796. The first kappa shape index (κ1) is 27.1. The predicted molar refractivity (Wildman–Crippen MR) is 148 cm³/mol. The van der Waals surface area contributed by atoms with Gasteiger partial charge >= 0.3 is 6.18 Å². The standard InChI is InChI=1S/C30H35F3N6O/c1-19(18-40)5-8-21-3-2-4-22-9-11-25(35-27(21)22)29-37-36-26-12-10-23(16-39(26)29)28(30(31,32)33)38-14-13-24(17-38)34-15-20-6-7-20/h2-4,9-12,16,19-20,24,28,34,40H,5-8,13-15,17-18H2,1H3/t19-,24-,28+/m0/s1. The van der Waals surface area contributed by atoms with Crippen LogP contribution in [-0.2, 0) is 6.42 Å². The first-order valence-corrected chi connectivity index (χ1v) is 14.2. The SMILES string of the molecule is C[C@H](CO)CCc1cccc2ccc(-c3nnc4ccc([C@@H](N5CC[C@H](NCC6CC6)C5)C(F)(F)F)cn34)nc12. The van der Waals surface area contributed by atoms with Gasteiger partial charge in [-0.05, 0) is 73.7 Å². The van der Waals surface area contributed by atoms with Crippen molar-refractivity contribution in [3.8, 4) is 11.5 Å². The maximum Gasteiger partial charge on any atom is 0.408 e. The van der Waals surface area contributed by atoms with E-state index in [1.54, 1.807) is 15.4 Å². The van der Waals surface area contributed by atoms with Gasteiger partial charge in [-0.1, -0.05) is 37.3 Å². The molecule has 2 fully saturated rings. The van der Waals surface area contributed by atoms with Crippen LogP contribution in [0.3, 0.4) is 0 Å². The molecule has 10 heteroatoms. The van der Waals surface area contributed by atoms with Crippen LogP contribution in [0, 0.1) is 11.8 Å². The van der Waals surface area contributed by atoms with Crippen LogP contribution in [0.25, 0.3) is 28.1 Å². The molecule has 3 aromatic heterocycles. The number of aryl methyl sites for hydroxylation is 1. The Labute approximate surface area is 231 Å². The molecule has 1 aliphatic carbocycles. The van der Waals surface area contributed by atoms with Crippen LogP contribution in [0.1, 0.15) is 49.8 Å². The molecule has 40 heavy (non-hydrogen) atoms. The Morgan fingerprint density at radius 3 is 2.70 bits per heavy atom. The fraction of sp³-hybridized carbons (Fsp3) is 0.500. The van der Waals surface area contributed by atoms with E-state index in [2.05, 4.69) is 15.5 Å². The summed E-state index contributed by atoms with van der Waals surface area (Å²) in [6, 6.07) is 11.3. The number of aliphatic hydroxyl groups excluding tert-OH is 1. The van der Waals surface area contributed by atoms with Gasteiger partial charge in [0.2, 0.25) is 0 Å². The number of benzene rings is 1. The van der Waals surface area contributed by atoms with E-state index >= 15 is 0 Å². The van der Waals surface area contributed by atoms with Crippen LogP contribution in [0.4, 0.5) is 13.2 Å². The third-order valence-corrected chi connectivity index (χ3v) is 8.28. The molecule has 0 radical (unpaired) electrons. The van der Waals surface area contributed by atoms with E-state index in [0.29, 0.717) is 42.6 Å². The summed E-state index contributed by atoms with van der Waals surface area (Å²) in [7, 11) is 0. The molecule has 0 unspecified atom stereocenters. The number of halogens is 3.